The summed E-state index contributed by atoms with van der Waals surface area (Å²) in [7, 11) is -2.66. The van der Waals surface area contributed by atoms with E-state index in [0.29, 0.717) is 12.3 Å². The Kier molecular flexibility index (Phi) is 9.93. The molecule has 0 radical (unpaired) electrons. The normalized spacial score (nSPS) is 11.9. The van der Waals surface area contributed by atoms with Gasteiger partial charge >= 0.3 is 0 Å². The summed E-state index contributed by atoms with van der Waals surface area (Å²) in [6, 6.07) is 19.5. The molecule has 1 atom stereocenters. The van der Waals surface area contributed by atoms with Crippen molar-refractivity contribution in [3.05, 3.63) is 88.4 Å². The molecule has 0 aliphatic carbocycles. The number of carbonyl (C=O) groups is 2. The first kappa shape index (κ1) is 29.2. The maximum Gasteiger partial charge on any atom is 0.264 e. The Labute approximate surface area is 232 Å². The lowest BCUT2D eigenvalue weighted by molar-refractivity contribution is -0.139. The van der Waals surface area contributed by atoms with E-state index in [0.717, 1.165) is 19.9 Å². The number of carbonyl (C=O) groups excluding carboxylic acids is 2. The number of amides is 2. The van der Waals surface area contributed by atoms with Crippen LogP contribution in [0.15, 0.2) is 82.2 Å². The predicted octanol–water partition coefficient (Wildman–Crippen LogP) is 4.51. The van der Waals surface area contributed by atoms with Crippen LogP contribution in [0, 0.1) is 6.92 Å². The summed E-state index contributed by atoms with van der Waals surface area (Å²) in [5.74, 6) is -0.409. The van der Waals surface area contributed by atoms with Gasteiger partial charge in [-0.25, -0.2) is 8.42 Å². The molecule has 3 aromatic carbocycles. The predicted molar refractivity (Wildman–Crippen MR) is 152 cm³/mol. The zero-order chi connectivity index (χ0) is 27.9. The molecule has 0 spiro atoms. The molecule has 1 N–H and O–H groups in total. The molecule has 0 aliphatic heterocycles. The van der Waals surface area contributed by atoms with E-state index in [9.17, 15) is 18.0 Å². The molecular formula is C28H32BrN3O5S. The fourth-order valence-corrected chi connectivity index (χ4v) is 5.72. The van der Waals surface area contributed by atoms with Gasteiger partial charge in [-0.15, -0.1) is 0 Å². The third-order valence-electron chi connectivity index (χ3n) is 5.99. The van der Waals surface area contributed by atoms with Crippen molar-refractivity contribution in [1.29, 1.82) is 0 Å². The molecule has 0 heterocycles. The Morgan fingerprint density at radius 3 is 2.34 bits per heavy atom. The zero-order valence-corrected chi connectivity index (χ0v) is 24.3. The van der Waals surface area contributed by atoms with Crippen LogP contribution < -0.4 is 14.4 Å². The highest BCUT2D eigenvalue weighted by Gasteiger charge is 2.32. The van der Waals surface area contributed by atoms with Gasteiger partial charge in [0.25, 0.3) is 10.0 Å². The third kappa shape index (κ3) is 7.14. The van der Waals surface area contributed by atoms with Crippen LogP contribution in [0.3, 0.4) is 0 Å². The number of sulfonamides is 1. The van der Waals surface area contributed by atoms with E-state index in [1.807, 2.05) is 31.2 Å². The fourth-order valence-electron chi connectivity index (χ4n) is 3.87. The highest BCUT2D eigenvalue weighted by molar-refractivity contribution is 9.10. The molecule has 0 saturated heterocycles. The molecule has 38 heavy (non-hydrogen) atoms. The van der Waals surface area contributed by atoms with Crippen LogP contribution >= 0.6 is 15.9 Å². The van der Waals surface area contributed by atoms with E-state index in [1.54, 1.807) is 50.2 Å². The second-order valence-corrected chi connectivity index (χ2v) is 11.5. The quantitative estimate of drug-likeness (QED) is 0.349. The summed E-state index contributed by atoms with van der Waals surface area (Å²) in [6.07, 6.45) is 0. The zero-order valence-electron chi connectivity index (χ0n) is 21.8. The second-order valence-electron chi connectivity index (χ2n) is 8.75. The SMILES string of the molecule is CCNC(=O)[C@H](C)N(Cc1cccc(Br)c1)C(=O)CN(c1cccc(OC)c1)S(=O)(=O)c1ccc(C)cc1. The Morgan fingerprint density at radius 2 is 1.71 bits per heavy atom. The average molecular weight is 603 g/mol. The molecule has 3 aromatic rings. The smallest absolute Gasteiger partial charge is 0.264 e. The number of benzene rings is 3. The minimum Gasteiger partial charge on any atom is -0.497 e. The van der Waals surface area contributed by atoms with Crippen molar-refractivity contribution in [2.75, 3.05) is 24.5 Å². The number of nitrogens with zero attached hydrogens (tertiary/aromatic N) is 2. The second kappa shape index (κ2) is 12.9. The van der Waals surface area contributed by atoms with E-state index in [2.05, 4.69) is 21.2 Å². The van der Waals surface area contributed by atoms with Crippen molar-refractivity contribution < 1.29 is 22.7 Å². The van der Waals surface area contributed by atoms with Crippen molar-refractivity contribution >= 4 is 43.5 Å². The van der Waals surface area contributed by atoms with Crippen LogP contribution in [0.2, 0.25) is 0 Å². The molecule has 0 fully saturated rings. The van der Waals surface area contributed by atoms with Gasteiger partial charge < -0.3 is 15.0 Å². The van der Waals surface area contributed by atoms with Crippen LogP contribution in [0.4, 0.5) is 5.69 Å². The van der Waals surface area contributed by atoms with Gasteiger partial charge in [-0.05, 0) is 62.7 Å². The topological polar surface area (TPSA) is 96.0 Å². The lowest BCUT2D eigenvalue weighted by atomic mass is 10.1. The van der Waals surface area contributed by atoms with E-state index >= 15 is 0 Å². The van der Waals surface area contributed by atoms with Crippen molar-refractivity contribution in [3.63, 3.8) is 0 Å². The summed E-state index contributed by atoms with van der Waals surface area (Å²) in [5, 5.41) is 2.75. The molecule has 0 unspecified atom stereocenters. The lowest BCUT2D eigenvalue weighted by Gasteiger charge is -2.32. The molecule has 0 bridgehead atoms. The van der Waals surface area contributed by atoms with Crippen molar-refractivity contribution in [1.82, 2.24) is 10.2 Å². The minimum absolute atomic E-state index is 0.0500. The largest absolute Gasteiger partial charge is 0.497 e. The first-order chi connectivity index (χ1) is 18.1. The first-order valence-corrected chi connectivity index (χ1v) is 14.3. The van der Waals surface area contributed by atoms with Crippen LogP contribution in [0.1, 0.15) is 25.0 Å². The molecule has 2 amide bonds. The number of hydrogen-bond acceptors (Lipinski definition) is 5. The van der Waals surface area contributed by atoms with Crippen LogP contribution in [-0.2, 0) is 26.2 Å². The van der Waals surface area contributed by atoms with E-state index in [1.165, 1.54) is 24.1 Å². The number of ether oxygens (including phenoxy) is 1. The Hall–Kier alpha value is -3.37. The molecule has 202 valence electrons. The Balaban J connectivity index is 2.05. The number of halogens is 1. The van der Waals surface area contributed by atoms with Gasteiger partial charge in [-0.1, -0.05) is 51.8 Å². The third-order valence-corrected chi connectivity index (χ3v) is 8.27. The highest BCUT2D eigenvalue weighted by atomic mass is 79.9. The number of methoxy groups -OCH3 is 1. The summed E-state index contributed by atoms with van der Waals surface area (Å²) in [4.78, 5) is 28.1. The lowest BCUT2D eigenvalue weighted by Crippen LogP contribution is -2.51. The summed E-state index contributed by atoms with van der Waals surface area (Å²) < 4.78 is 34.9. The van der Waals surface area contributed by atoms with Crippen LogP contribution in [-0.4, -0.2) is 51.4 Å². The standard InChI is InChI=1S/C28H32BrN3O5S/c1-5-30-28(34)21(3)31(18-22-8-6-9-23(29)16-22)27(33)19-32(24-10-7-11-25(17-24)37-4)38(35,36)26-14-12-20(2)13-15-26/h6-17,21H,5,18-19H2,1-4H3,(H,30,34)/t21-/m0/s1. The van der Waals surface area contributed by atoms with Crippen molar-refractivity contribution in [2.24, 2.45) is 0 Å². The van der Waals surface area contributed by atoms with Gasteiger partial charge in [-0.3, -0.25) is 13.9 Å². The van der Waals surface area contributed by atoms with Gasteiger partial charge in [0.05, 0.1) is 17.7 Å². The minimum atomic E-state index is -4.14. The van der Waals surface area contributed by atoms with E-state index in [4.69, 9.17) is 4.74 Å². The van der Waals surface area contributed by atoms with Crippen molar-refractivity contribution in [3.8, 4) is 5.75 Å². The van der Waals surface area contributed by atoms with Gasteiger partial charge in [-0.2, -0.15) is 0 Å². The number of rotatable bonds is 11. The molecule has 0 aromatic heterocycles. The summed E-state index contributed by atoms with van der Waals surface area (Å²) in [6.45, 7) is 5.30. The van der Waals surface area contributed by atoms with Crippen LogP contribution in [0.5, 0.6) is 5.75 Å². The highest BCUT2D eigenvalue weighted by Crippen LogP contribution is 2.28. The van der Waals surface area contributed by atoms with E-state index in [-0.39, 0.29) is 23.0 Å². The molecule has 0 aliphatic rings. The Bertz CT molecular complexity index is 1380. The number of nitrogens with one attached hydrogen (secondary N) is 1. The van der Waals surface area contributed by atoms with Gasteiger partial charge in [0.2, 0.25) is 11.8 Å². The number of aryl methyl sites for hydroxylation is 1. The van der Waals surface area contributed by atoms with Crippen molar-refractivity contribution in [2.45, 2.75) is 38.3 Å². The maximum atomic E-state index is 13.8. The number of anilines is 1. The number of likely N-dealkylation sites (N-methyl/N-ethyl adjacent to an activating group) is 1. The average Bonchev–Trinajstić information content (AvgIpc) is 2.90. The molecular weight excluding hydrogens is 570 g/mol. The van der Waals surface area contributed by atoms with E-state index < -0.39 is 28.5 Å². The molecule has 0 saturated carbocycles. The number of hydrogen-bond donors (Lipinski definition) is 1. The molecule has 8 nitrogen and oxygen atoms in total. The first-order valence-electron chi connectivity index (χ1n) is 12.1. The van der Waals surface area contributed by atoms with Crippen LogP contribution in [0.25, 0.3) is 0 Å². The molecule has 10 heteroatoms. The van der Waals surface area contributed by atoms with Gasteiger partial charge in [0.15, 0.2) is 0 Å². The Morgan fingerprint density at radius 1 is 1.03 bits per heavy atom. The summed E-state index contributed by atoms with van der Waals surface area (Å²) in [5.41, 5.74) is 1.97. The van der Waals surface area contributed by atoms with Gasteiger partial charge in [0.1, 0.15) is 18.3 Å². The summed E-state index contributed by atoms with van der Waals surface area (Å²) >= 11 is 3.44. The fraction of sp³-hybridized carbons (Fsp3) is 0.286. The molecule has 3 rings (SSSR count). The maximum absolute atomic E-state index is 13.8. The van der Waals surface area contributed by atoms with Gasteiger partial charge in [0, 0.05) is 23.6 Å². The monoisotopic (exact) mass is 601 g/mol.